The van der Waals surface area contributed by atoms with Crippen molar-refractivity contribution in [2.45, 2.75) is 70.2 Å². The molecule has 138 valence electrons. The van der Waals surface area contributed by atoms with Gasteiger partial charge in [-0.25, -0.2) is 13.1 Å². The normalized spacial score (nSPS) is 17.0. The smallest absolute Gasteiger partial charge is 0.250 e. The van der Waals surface area contributed by atoms with Crippen molar-refractivity contribution >= 4 is 10.0 Å². The number of sulfonamides is 1. The zero-order chi connectivity index (χ0) is 18.2. The van der Waals surface area contributed by atoms with Gasteiger partial charge in [-0.3, -0.25) is 0 Å². The minimum atomic E-state index is -3.68. The molecule has 3 rings (SSSR count). The van der Waals surface area contributed by atoms with Gasteiger partial charge in [0, 0.05) is 31.4 Å². The summed E-state index contributed by atoms with van der Waals surface area (Å²) in [4.78, 5) is 0.250. The molecule has 25 heavy (non-hydrogen) atoms. The van der Waals surface area contributed by atoms with Gasteiger partial charge in [-0.15, -0.1) is 10.2 Å². The molecule has 8 heteroatoms. The van der Waals surface area contributed by atoms with Crippen LogP contribution >= 0.6 is 0 Å². The number of rotatable bonds is 4. The monoisotopic (exact) mass is 366 g/mol. The van der Waals surface area contributed by atoms with Gasteiger partial charge in [-0.05, 0) is 26.7 Å². The first-order valence-corrected chi connectivity index (χ1v) is 10.3. The molecule has 2 aromatic heterocycles. The Labute approximate surface area is 148 Å². The van der Waals surface area contributed by atoms with Crippen molar-refractivity contribution in [3.05, 3.63) is 17.3 Å². The molecular weight excluding hydrogens is 340 g/mol. The minimum Gasteiger partial charge on any atom is -0.421 e. The van der Waals surface area contributed by atoms with Crippen LogP contribution in [0.3, 0.4) is 0 Å². The third kappa shape index (κ3) is 3.50. The van der Waals surface area contributed by atoms with Gasteiger partial charge in [0.05, 0.1) is 5.56 Å². The van der Waals surface area contributed by atoms with Gasteiger partial charge >= 0.3 is 0 Å². The van der Waals surface area contributed by atoms with Crippen molar-refractivity contribution in [3.8, 4) is 11.5 Å². The SMILES string of the molecule is Cc1nnc(-c2c(S(=O)(=O)NC3CCCCCC3)c(C)n(C)c2C)o1. The van der Waals surface area contributed by atoms with Gasteiger partial charge < -0.3 is 8.98 Å². The van der Waals surface area contributed by atoms with E-state index in [1.807, 2.05) is 18.5 Å². The number of hydrogen-bond donors (Lipinski definition) is 1. The molecule has 0 radical (unpaired) electrons. The topological polar surface area (TPSA) is 90.0 Å². The average Bonchev–Trinajstić information content (AvgIpc) is 2.94. The van der Waals surface area contributed by atoms with Gasteiger partial charge in [-0.1, -0.05) is 25.7 Å². The Kier molecular flexibility index (Phi) is 5.02. The second-order valence-corrected chi connectivity index (χ2v) is 8.52. The van der Waals surface area contributed by atoms with Crippen molar-refractivity contribution in [2.75, 3.05) is 0 Å². The van der Waals surface area contributed by atoms with Crippen molar-refractivity contribution < 1.29 is 12.8 Å². The molecule has 0 spiro atoms. The summed E-state index contributed by atoms with van der Waals surface area (Å²) in [6.45, 7) is 5.37. The number of hydrogen-bond acceptors (Lipinski definition) is 5. The van der Waals surface area contributed by atoms with Crippen LogP contribution in [0.1, 0.15) is 55.8 Å². The molecule has 0 unspecified atom stereocenters. The summed E-state index contributed by atoms with van der Waals surface area (Å²) in [7, 11) is -1.83. The van der Waals surface area contributed by atoms with Gasteiger partial charge in [0.1, 0.15) is 4.90 Å². The van der Waals surface area contributed by atoms with Crippen LogP contribution in [0.15, 0.2) is 9.31 Å². The molecule has 0 aliphatic heterocycles. The van der Waals surface area contributed by atoms with Crippen LogP contribution in [0, 0.1) is 20.8 Å². The van der Waals surface area contributed by atoms with E-state index in [9.17, 15) is 8.42 Å². The lowest BCUT2D eigenvalue weighted by Crippen LogP contribution is -2.34. The van der Waals surface area contributed by atoms with Crippen molar-refractivity contribution in [1.82, 2.24) is 19.5 Å². The maximum Gasteiger partial charge on any atom is 0.250 e. The first-order chi connectivity index (χ1) is 11.8. The molecule has 0 bridgehead atoms. The van der Waals surface area contributed by atoms with Crippen LogP contribution < -0.4 is 4.72 Å². The molecule has 0 atom stereocenters. The van der Waals surface area contributed by atoms with Crippen LogP contribution in [-0.4, -0.2) is 29.2 Å². The van der Waals surface area contributed by atoms with Crippen LogP contribution in [0.25, 0.3) is 11.5 Å². The van der Waals surface area contributed by atoms with Crippen LogP contribution in [0.5, 0.6) is 0 Å². The molecule has 7 nitrogen and oxygen atoms in total. The first kappa shape index (κ1) is 18.1. The van der Waals surface area contributed by atoms with E-state index in [0.29, 0.717) is 17.1 Å². The molecular formula is C17H26N4O3S. The van der Waals surface area contributed by atoms with E-state index in [0.717, 1.165) is 31.4 Å². The van der Waals surface area contributed by atoms with E-state index < -0.39 is 10.0 Å². The second-order valence-electron chi connectivity index (χ2n) is 6.87. The summed E-state index contributed by atoms with van der Waals surface area (Å²) in [5, 5.41) is 7.90. The lowest BCUT2D eigenvalue weighted by Gasteiger charge is -2.17. The van der Waals surface area contributed by atoms with E-state index in [4.69, 9.17) is 4.42 Å². The van der Waals surface area contributed by atoms with E-state index in [1.54, 1.807) is 13.8 Å². The number of aromatic nitrogens is 3. The highest BCUT2D eigenvalue weighted by atomic mass is 32.2. The fourth-order valence-corrected chi connectivity index (χ4v) is 5.39. The van der Waals surface area contributed by atoms with E-state index in [-0.39, 0.29) is 16.8 Å². The number of nitrogens with zero attached hydrogens (tertiary/aromatic N) is 3. The van der Waals surface area contributed by atoms with Gasteiger partial charge in [0.2, 0.25) is 15.9 Å². The Morgan fingerprint density at radius 3 is 2.24 bits per heavy atom. The third-order valence-corrected chi connectivity index (χ3v) is 6.79. The van der Waals surface area contributed by atoms with E-state index in [1.165, 1.54) is 12.8 Å². The van der Waals surface area contributed by atoms with Crippen LogP contribution in [0.2, 0.25) is 0 Å². The third-order valence-electron chi connectivity index (χ3n) is 5.11. The Bertz CT molecular complexity index is 859. The molecule has 1 fully saturated rings. The van der Waals surface area contributed by atoms with Crippen molar-refractivity contribution in [1.29, 1.82) is 0 Å². The molecule has 0 saturated heterocycles. The van der Waals surface area contributed by atoms with Crippen LogP contribution in [0.4, 0.5) is 0 Å². The highest BCUT2D eigenvalue weighted by Crippen LogP contribution is 2.34. The van der Waals surface area contributed by atoms with Crippen molar-refractivity contribution in [2.24, 2.45) is 7.05 Å². The molecule has 1 N–H and O–H groups in total. The predicted molar refractivity (Wildman–Crippen MR) is 94.7 cm³/mol. The average molecular weight is 366 g/mol. The zero-order valence-corrected chi connectivity index (χ0v) is 16.1. The Morgan fingerprint density at radius 1 is 1.04 bits per heavy atom. The molecule has 2 aromatic rings. The highest BCUT2D eigenvalue weighted by Gasteiger charge is 2.32. The van der Waals surface area contributed by atoms with Crippen molar-refractivity contribution in [3.63, 3.8) is 0 Å². The quantitative estimate of drug-likeness (QED) is 0.840. The molecule has 2 heterocycles. The molecule has 1 saturated carbocycles. The Morgan fingerprint density at radius 2 is 1.68 bits per heavy atom. The first-order valence-electron chi connectivity index (χ1n) is 8.80. The van der Waals surface area contributed by atoms with Gasteiger partial charge in [0.15, 0.2) is 0 Å². The fraction of sp³-hybridized carbons (Fsp3) is 0.647. The molecule has 1 aliphatic rings. The number of aryl methyl sites for hydroxylation is 1. The largest absolute Gasteiger partial charge is 0.421 e. The molecule has 1 aliphatic carbocycles. The second kappa shape index (κ2) is 6.92. The zero-order valence-electron chi connectivity index (χ0n) is 15.3. The Hall–Kier alpha value is -1.67. The summed E-state index contributed by atoms with van der Waals surface area (Å²) in [5.74, 6) is 0.663. The maximum absolute atomic E-state index is 13.2. The minimum absolute atomic E-state index is 0.00955. The highest BCUT2D eigenvalue weighted by molar-refractivity contribution is 7.89. The molecule has 0 amide bonds. The maximum atomic E-state index is 13.2. The lowest BCUT2D eigenvalue weighted by molar-refractivity contribution is 0.508. The summed E-state index contributed by atoms with van der Waals surface area (Å²) in [5.41, 5.74) is 1.97. The number of nitrogens with one attached hydrogen (secondary N) is 1. The lowest BCUT2D eigenvalue weighted by atomic mass is 10.1. The van der Waals surface area contributed by atoms with Gasteiger partial charge in [0.25, 0.3) is 5.89 Å². The summed E-state index contributed by atoms with van der Waals surface area (Å²) < 4.78 is 36.7. The van der Waals surface area contributed by atoms with Crippen LogP contribution in [-0.2, 0) is 17.1 Å². The summed E-state index contributed by atoms with van der Waals surface area (Å²) in [6.07, 6.45) is 6.26. The Balaban J connectivity index is 2.04. The fourth-order valence-electron chi connectivity index (χ4n) is 3.57. The standard InChI is InChI=1S/C17H26N4O3S/c1-11-15(17-19-18-13(3)24-17)16(12(2)21(11)4)25(22,23)20-14-9-7-5-6-8-10-14/h14,20H,5-10H2,1-4H3. The van der Waals surface area contributed by atoms with Gasteiger partial charge in [-0.2, -0.15) is 0 Å². The molecule has 0 aromatic carbocycles. The summed E-state index contributed by atoms with van der Waals surface area (Å²) >= 11 is 0. The van der Waals surface area contributed by atoms with E-state index in [2.05, 4.69) is 14.9 Å². The van der Waals surface area contributed by atoms with E-state index >= 15 is 0 Å². The predicted octanol–water partition coefficient (Wildman–Crippen LogP) is 3.00. The summed E-state index contributed by atoms with van der Waals surface area (Å²) in [6, 6.07) is -0.00955.